The molecule has 1 radical (unpaired) electrons. The third-order valence-electron chi connectivity index (χ3n) is 1.98. The Hall–Kier alpha value is -1.01. The van der Waals surface area contributed by atoms with Crippen molar-refractivity contribution < 1.29 is 0 Å². The van der Waals surface area contributed by atoms with E-state index in [9.17, 15) is 0 Å². The van der Waals surface area contributed by atoms with Gasteiger partial charge in [-0.25, -0.2) is 0 Å². The molecule has 0 atom stereocenters. The molecule has 1 aromatic rings. The molecular formula is C12H12Cl. The van der Waals surface area contributed by atoms with Gasteiger partial charge in [0.15, 0.2) is 0 Å². The van der Waals surface area contributed by atoms with Crippen LogP contribution >= 0.6 is 11.6 Å². The van der Waals surface area contributed by atoms with Crippen molar-refractivity contribution in [3.05, 3.63) is 59.5 Å². The molecule has 1 aromatic carbocycles. The van der Waals surface area contributed by atoms with Crippen LogP contribution in [0.4, 0.5) is 0 Å². The first-order valence-electron chi connectivity index (χ1n) is 4.08. The number of rotatable bonds is 3. The maximum Gasteiger partial charge on any atom is 0.0519 e. The lowest BCUT2D eigenvalue weighted by molar-refractivity contribution is 1.25. The SMILES string of the molecule is C=C[C](C)c1cccc(C=C)c1Cl. The average Bonchev–Trinajstić information content (AvgIpc) is 2.17. The van der Waals surface area contributed by atoms with Crippen molar-refractivity contribution in [2.24, 2.45) is 0 Å². The summed E-state index contributed by atoms with van der Waals surface area (Å²) in [5, 5.41) is 0.745. The van der Waals surface area contributed by atoms with E-state index in [0.29, 0.717) is 0 Å². The highest BCUT2D eigenvalue weighted by molar-refractivity contribution is 6.33. The van der Waals surface area contributed by atoms with Crippen molar-refractivity contribution in [2.45, 2.75) is 6.92 Å². The summed E-state index contributed by atoms with van der Waals surface area (Å²) >= 11 is 6.14. The average molecular weight is 192 g/mol. The monoisotopic (exact) mass is 191 g/mol. The van der Waals surface area contributed by atoms with Gasteiger partial charge in [0.1, 0.15) is 0 Å². The molecule has 13 heavy (non-hydrogen) atoms. The zero-order valence-corrected chi connectivity index (χ0v) is 8.43. The van der Waals surface area contributed by atoms with Gasteiger partial charge in [0.2, 0.25) is 0 Å². The Morgan fingerprint density at radius 3 is 2.62 bits per heavy atom. The van der Waals surface area contributed by atoms with Gasteiger partial charge in [-0.05, 0) is 11.1 Å². The largest absolute Gasteiger partial charge is 0.102 e. The van der Waals surface area contributed by atoms with Crippen LogP contribution in [-0.2, 0) is 0 Å². The van der Waals surface area contributed by atoms with E-state index in [1.807, 2.05) is 25.1 Å². The standard InChI is InChI=1S/C12H12Cl/c1-4-9(3)11-8-6-7-10(5-2)12(11)13/h4-8H,1-2H2,3H3. The molecule has 0 saturated heterocycles. The first-order valence-corrected chi connectivity index (χ1v) is 4.45. The highest BCUT2D eigenvalue weighted by Gasteiger charge is 2.08. The summed E-state index contributed by atoms with van der Waals surface area (Å²) in [7, 11) is 0. The van der Waals surface area contributed by atoms with E-state index in [2.05, 4.69) is 13.2 Å². The topological polar surface area (TPSA) is 0 Å². The molecule has 0 bridgehead atoms. The number of hydrogen-bond donors (Lipinski definition) is 0. The smallest absolute Gasteiger partial charge is 0.0519 e. The van der Waals surface area contributed by atoms with Crippen LogP contribution in [0, 0.1) is 5.92 Å². The van der Waals surface area contributed by atoms with E-state index in [-0.39, 0.29) is 0 Å². The van der Waals surface area contributed by atoms with Crippen LogP contribution in [0.2, 0.25) is 5.02 Å². The molecule has 0 heterocycles. The van der Waals surface area contributed by atoms with Gasteiger partial charge in [-0.1, -0.05) is 55.5 Å². The summed E-state index contributed by atoms with van der Waals surface area (Å²) in [6, 6.07) is 5.88. The highest BCUT2D eigenvalue weighted by Crippen LogP contribution is 2.28. The fourth-order valence-corrected chi connectivity index (χ4v) is 1.47. The number of benzene rings is 1. The minimum Gasteiger partial charge on any atom is -0.102 e. The van der Waals surface area contributed by atoms with Gasteiger partial charge in [0.05, 0.1) is 5.02 Å². The molecule has 0 aliphatic heterocycles. The van der Waals surface area contributed by atoms with E-state index in [1.165, 1.54) is 0 Å². The molecule has 0 fully saturated rings. The Morgan fingerprint density at radius 2 is 2.08 bits per heavy atom. The summed E-state index contributed by atoms with van der Waals surface area (Å²) in [5.41, 5.74) is 1.98. The summed E-state index contributed by atoms with van der Waals surface area (Å²) in [6.07, 6.45) is 3.55. The number of allylic oxidation sites excluding steroid dienone is 1. The van der Waals surface area contributed by atoms with E-state index >= 15 is 0 Å². The molecule has 0 unspecified atom stereocenters. The Balaban J connectivity index is 3.22. The Morgan fingerprint density at radius 1 is 1.38 bits per heavy atom. The van der Waals surface area contributed by atoms with Gasteiger partial charge in [0, 0.05) is 5.92 Å². The predicted octanol–water partition coefficient (Wildman–Crippen LogP) is 4.11. The highest BCUT2D eigenvalue weighted by atomic mass is 35.5. The Kier molecular flexibility index (Phi) is 3.32. The minimum atomic E-state index is 0.745. The first kappa shape index (κ1) is 10.1. The van der Waals surface area contributed by atoms with Crippen LogP contribution in [0.25, 0.3) is 6.08 Å². The van der Waals surface area contributed by atoms with E-state index in [4.69, 9.17) is 11.6 Å². The summed E-state index contributed by atoms with van der Waals surface area (Å²) in [4.78, 5) is 0. The second-order valence-corrected chi connectivity index (χ2v) is 3.18. The molecule has 67 valence electrons. The maximum atomic E-state index is 6.14. The summed E-state index contributed by atoms with van der Waals surface area (Å²) in [5.74, 6) is 1.08. The van der Waals surface area contributed by atoms with Crippen molar-refractivity contribution in [1.82, 2.24) is 0 Å². The lowest BCUT2D eigenvalue weighted by Crippen LogP contribution is -1.92. The molecule has 1 rings (SSSR count). The van der Waals surface area contributed by atoms with Crippen LogP contribution in [-0.4, -0.2) is 0 Å². The zero-order chi connectivity index (χ0) is 9.84. The lowest BCUT2D eigenvalue weighted by atomic mass is 9.99. The fraction of sp³-hybridized carbons (Fsp3) is 0.0833. The Labute approximate surface area is 84.5 Å². The molecule has 0 aliphatic carbocycles. The van der Waals surface area contributed by atoms with Gasteiger partial charge >= 0.3 is 0 Å². The first-order chi connectivity index (χ1) is 6.20. The van der Waals surface area contributed by atoms with Crippen LogP contribution in [0.5, 0.6) is 0 Å². The maximum absolute atomic E-state index is 6.14. The second-order valence-electron chi connectivity index (χ2n) is 2.80. The molecule has 0 aliphatic rings. The molecule has 0 amide bonds. The summed E-state index contributed by atoms with van der Waals surface area (Å²) < 4.78 is 0. The fourth-order valence-electron chi connectivity index (χ4n) is 1.12. The lowest BCUT2D eigenvalue weighted by Gasteiger charge is -2.09. The molecule has 0 spiro atoms. The molecule has 0 nitrogen and oxygen atoms in total. The van der Waals surface area contributed by atoms with Crippen molar-refractivity contribution in [3.8, 4) is 0 Å². The van der Waals surface area contributed by atoms with Crippen LogP contribution in [0.1, 0.15) is 18.1 Å². The molecule has 0 N–H and O–H groups in total. The molecule has 1 heteroatoms. The third-order valence-corrected chi connectivity index (χ3v) is 2.40. The number of hydrogen-bond acceptors (Lipinski definition) is 0. The quantitative estimate of drug-likeness (QED) is 0.675. The van der Waals surface area contributed by atoms with E-state index in [1.54, 1.807) is 12.2 Å². The summed E-state index contributed by atoms with van der Waals surface area (Å²) in [6.45, 7) is 9.40. The van der Waals surface area contributed by atoms with E-state index in [0.717, 1.165) is 22.1 Å². The second kappa shape index (κ2) is 4.29. The van der Waals surface area contributed by atoms with Gasteiger partial charge in [-0.2, -0.15) is 0 Å². The van der Waals surface area contributed by atoms with Gasteiger partial charge < -0.3 is 0 Å². The van der Waals surface area contributed by atoms with Crippen molar-refractivity contribution in [3.63, 3.8) is 0 Å². The minimum absolute atomic E-state index is 0.745. The Bertz CT molecular complexity index is 326. The van der Waals surface area contributed by atoms with Crippen molar-refractivity contribution in [2.75, 3.05) is 0 Å². The molecule has 0 saturated carbocycles. The third kappa shape index (κ3) is 2.02. The predicted molar refractivity (Wildman–Crippen MR) is 59.8 cm³/mol. The van der Waals surface area contributed by atoms with Gasteiger partial charge in [-0.15, -0.1) is 6.58 Å². The van der Waals surface area contributed by atoms with Gasteiger partial charge in [0.25, 0.3) is 0 Å². The van der Waals surface area contributed by atoms with Crippen molar-refractivity contribution >= 4 is 17.7 Å². The van der Waals surface area contributed by atoms with Crippen LogP contribution < -0.4 is 0 Å². The number of halogens is 1. The zero-order valence-electron chi connectivity index (χ0n) is 7.68. The normalized spacial score (nSPS) is 10.1. The van der Waals surface area contributed by atoms with Crippen LogP contribution in [0.15, 0.2) is 37.4 Å². The molecular weight excluding hydrogens is 180 g/mol. The van der Waals surface area contributed by atoms with Crippen molar-refractivity contribution in [1.29, 1.82) is 0 Å². The molecule has 0 aromatic heterocycles. The van der Waals surface area contributed by atoms with Crippen LogP contribution in [0.3, 0.4) is 0 Å². The van der Waals surface area contributed by atoms with E-state index < -0.39 is 0 Å². The van der Waals surface area contributed by atoms with Gasteiger partial charge in [-0.3, -0.25) is 0 Å².